The second-order valence-corrected chi connectivity index (χ2v) is 2.65. The highest BCUT2D eigenvalue weighted by Crippen LogP contribution is 2.17. The van der Waals surface area contributed by atoms with Gasteiger partial charge in [0.2, 0.25) is 0 Å². The maximum Gasteiger partial charge on any atom is 0.103 e. The summed E-state index contributed by atoms with van der Waals surface area (Å²) < 4.78 is 0. The van der Waals surface area contributed by atoms with Gasteiger partial charge in [-0.25, -0.2) is 0 Å². The first-order valence-electron chi connectivity index (χ1n) is 3.98. The molecule has 2 rings (SSSR count). The van der Waals surface area contributed by atoms with Gasteiger partial charge in [-0.15, -0.1) is 0 Å². The van der Waals surface area contributed by atoms with E-state index in [0.29, 0.717) is 0 Å². The van der Waals surface area contributed by atoms with Crippen molar-refractivity contribution in [1.82, 2.24) is 0 Å². The van der Waals surface area contributed by atoms with Crippen LogP contribution in [0.15, 0.2) is 54.6 Å². The summed E-state index contributed by atoms with van der Waals surface area (Å²) in [5.41, 5.74) is 2.50. The van der Waals surface area contributed by atoms with Gasteiger partial charge in [0.1, 0.15) is 12.2 Å². The Balaban J connectivity index is 2.38. The summed E-state index contributed by atoms with van der Waals surface area (Å²) in [4.78, 5) is 0. The van der Waals surface area contributed by atoms with E-state index in [-0.39, 0.29) is 0 Å². The molecule has 1 aromatic carbocycles. The van der Waals surface area contributed by atoms with E-state index in [9.17, 15) is 0 Å². The molecule has 0 atom stereocenters. The van der Waals surface area contributed by atoms with Crippen LogP contribution in [0.3, 0.4) is 0 Å². The Kier molecular flexibility index (Phi) is 1.85. The monoisotopic (exact) mass is 153 g/mol. The molecule has 0 bridgehead atoms. The Morgan fingerprint density at radius 2 is 1.83 bits per heavy atom. The highest BCUT2D eigenvalue weighted by Gasteiger charge is 2.03. The first kappa shape index (κ1) is 7.02. The van der Waals surface area contributed by atoms with Gasteiger partial charge in [-0.3, -0.25) is 0 Å². The van der Waals surface area contributed by atoms with Crippen LogP contribution >= 0.6 is 0 Å². The molecule has 0 nitrogen and oxygen atoms in total. The van der Waals surface area contributed by atoms with Crippen LogP contribution in [0.25, 0.3) is 5.57 Å². The lowest BCUT2D eigenvalue weighted by Crippen LogP contribution is -1.80. The quantitative estimate of drug-likeness (QED) is 0.544. The van der Waals surface area contributed by atoms with Crippen LogP contribution in [0.1, 0.15) is 5.56 Å². The van der Waals surface area contributed by atoms with Gasteiger partial charge in [-0.2, -0.15) is 0 Å². The molecule has 56 valence electrons. The van der Waals surface area contributed by atoms with Crippen LogP contribution in [-0.2, 0) is 0 Å². The molecule has 0 aliphatic heterocycles. The molecule has 1 aromatic rings. The Labute approximate surface area is 72.5 Å². The minimum Gasteiger partial charge on any atom is -0.0622 e. The Morgan fingerprint density at radius 3 is 2.50 bits per heavy atom. The number of allylic oxidation sites excluding steroid dienone is 6. The average Bonchev–Trinajstić information content (AvgIpc) is 2.21. The van der Waals surface area contributed by atoms with Crippen molar-refractivity contribution >= 4 is 5.57 Å². The zero-order valence-corrected chi connectivity index (χ0v) is 6.70. The van der Waals surface area contributed by atoms with Crippen molar-refractivity contribution in [3.8, 4) is 0 Å². The molecule has 0 saturated heterocycles. The third-order valence-corrected chi connectivity index (χ3v) is 1.83. The van der Waals surface area contributed by atoms with E-state index >= 15 is 0 Å². The molecule has 0 radical (unpaired) electrons. The SMILES string of the molecule is [C+]1=CC=C(c2ccccc2)C=C1. The maximum atomic E-state index is 3.00. The van der Waals surface area contributed by atoms with E-state index in [2.05, 4.69) is 30.4 Å². The normalized spacial score (nSPS) is 13.8. The first-order valence-corrected chi connectivity index (χ1v) is 3.98. The van der Waals surface area contributed by atoms with Crippen molar-refractivity contribution in [1.29, 1.82) is 0 Å². The molecule has 0 amide bonds. The van der Waals surface area contributed by atoms with E-state index in [0.717, 1.165) is 0 Å². The first-order chi connectivity index (χ1) is 5.97. The van der Waals surface area contributed by atoms with Crippen LogP contribution in [0.4, 0.5) is 0 Å². The van der Waals surface area contributed by atoms with Gasteiger partial charge in [0.05, 0.1) is 17.7 Å². The smallest absolute Gasteiger partial charge is 0.0622 e. The van der Waals surface area contributed by atoms with Crippen LogP contribution in [0.2, 0.25) is 0 Å². The van der Waals surface area contributed by atoms with Gasteiger partial charge in [0.15, 0.2) is 0 Å². The summed E-state index contributed by atoms with van der Waals surface area (Å²) in [6.45, 7) is 0. The van der Waals surface area contributed by atoms with Crippen molar-refractivity contribution < 1.29 is 0 Å². The second-order valence-electron chi connectivity index (χ2n) is 2.65. The standard InChI is InChI=1S/C12H9/c1-3-7-11(8-4-1)12-9-5-2-6-10-12/h1,3-10H/q+1. The number of rotatable bonds is 1. The molecular weight excluding hydrogens is 144 g/mol. The summed E-state index contributed by atoms with van der Waals surface area (Å²) in [6.07, 6.45) is 11.0. The molecule has 1 aliphatic rings. The van der Waals surface area contributed by atoms with Gasteiger partial charge < -0.3 is 0 Å². The molecule has 12 heavy (non-hydrogen) atoms. The Bertz CT molecular complexity index is 340. The van der Waals surface area contributed by atoms with E-state index in [1.165, 1.54) is 11.1 Å². The molecule has 1 aliphatic carbocycles. The fraction of sp³-hybridized carbons (Fsp3) is 0. The van der Waals surface area contributed by atoms with E-state index in [1.54, 1.807) is 0 Å². The van der Waals surface area contributed by atoms with Gasteiger partial charge in [0, 0.05) is 11.6 Å². The molecule has 0 heterocycles. The summed E-state index contributed by atoms with van der Waals surface area (Å²) in [7, 11) is 0. The predicted molar refractivity (Wildman–Crippen MR) is 51.4 cm³/mol. The number of benzene rings is 1. The minimum absolute atomic E-state index is 1.24. The maximum absolute atomic E-state index is 3.00. The summed E-state index contributed by atoms with van der Waals surface area (Å²) in [5.74, 6) is 0. The lowest BCUT2D eigenvalue weighted by molar-refractivity contribution is 1.60. The lowest BCUT2D eigenvalue weighted by Gasteiger charge is -1.95. The van der Waals surface area contributed by atoms with Crippen molar-refractivity contribution in [2.45, 2.75) is 0 Å². The summed E-state index contributed by atoms with van der Waals surface area (Å²) >= 11 is 0. The van der Waals surface area contributed by atoms with Crippen LogP contribution in [-0.4, -0.2) is 0 Å². The van der Waals surface area contributed by atoms with Crippen molar-refractivity contribution in [3.63, 3.8) is 0 Å². The third kappa shape index (κ3) is 1.34. The summed E-state index contributed by atoms with van der Waals surface area (Å²) in [6, 6.07) is 10.3. The largest absolute Gasteiger partial charge is 0.103 e. The third-order valence-electron chi connectivity index (χ3n) is 1.83. The predicted octanol–water partition coefficient (Wildman–Crippen LogP) is 3.00. The molecule has 0 N–H and O–H groups in total. The highest BCUT2D eigenvalue weighted by atomic mass is 14.0. The summed E-state index contributed by atoms with van der Waals surface area (Å²) in [5, 5.41) is 0. The minimum atomic E-state index is 1.24. The zero-order chi connectivity index (χ0) is 8.23. The molecular formula is C12H9+. The van der Waals surface area contributed by atoms with Gasteiger partial charge in [0.25, 0.3) is 0 Å². The molecule has 0 spiro atoms. The average molecular weight is 153 g/mol. The van der Waals surface area contributed by atoms with Crippen molar-refractivity contribution in [2.75, 3.05) is 0 Å². The lowest BCUT2D eigenvalue weighted by atomic mass is 10.0. The van der Waals surface area contributed by atoms with Crippen LogP contribution in [0, 0.1) is 6.08 Å². The Hall–Kier alpha value is -1.65. The van der Waals surface area contributed by atoms with Crippen molar-refractivity contribution in [3.05, 3.63) is 66.3 Å². The highest BCUT2D eigenvalue weighted by molar-refractivity contribution is 5.76. The number of hydrogen-bond donors (Lipinski definition) is 0. The van der Waals surface area contributed by atoms with Gasteiger partial charge in [-0.1, -0.05) is 30.3 Å². The van der Waals surface area contributed by atoms with Gasteiger partial charge >= 0.3 is 0 Å². The number of hydrogen-bond acceptors (Lipinski definition) is 0. The zero-order valence-electron chi connectivity index (χ0n) is 6.70. The van der Waals surface area contributed by atoms with Crippen LogP contribution < -0.4 is 0 Å². The van der Waals surface area contributed by atoms with E-state index in [4.69, 9.17) is 0 Å². The Morgan fingerprint density at radius 1 is 1.00 bits per heavy atom. The van der Waals surface area contributed by atoms with Gasteiger partial charge in [-0.05, 0) is 0 Å². The second kappa shape index (κ2) is 3.17. The topological polar surface area (TPSA) is 0 Å². The van der Waals surface area contributed by atoms with E-state index in [1.807, 2.05) is 30.4 Å². The molecule has 0 unspecified atom stereocenters. The fourth-order valence-corrected chi connectivity index (χ4v) is 1.21. The molecule has 0 aromatic heterocycles. The fourth-order valence-electron chi connectivity index (χ4n) is 1.21. The molecule has 0 heteroatoms. The van der Waals surface area contributed by atoms with Crippen LogP contribution in [0.5, 0.6) is 0 Å². The molecule has 0 fully saturated rings. The van der Waals surface area contributed by atoms with E-state index < -0.39 is 0 Å². The molecule has 0 saturated carbocycles. The van der Waals surface area contributed by atoms with Crippen molar-refractivity contribution in [2.24, 2.45) is 0 Å².